The van der Waals surface area contributed by atoms with Gasteiger partial charge in [0.1, 0.15) is 17.5 Å². The number of carbonyl (C=O) groups excluding carboxylic acids is 1. The van der Waals surface area contributed by atoms with E-state index in [4.69, 9.17) is 14.5 Å². The number of fused-ring (bicyclic) bond motifs is 2. The summed E-state index contributed by atoms with van der Waals surface area (Å²) in [5.74, 6) is 0.743. The van der Waals surface area contributed by atoms with Gasteiger partial charge in [-0.05, 0) is 55.8 Å². The Bertz CT molecular complexity index is 2400. The molecule has 1 aliphatic heterocycles. The molecular formula is C39H34N4O4S. The van der Waals surface area contributed by atoms with E-state index in [9.17, 15) is 9.59 Å². The van der Waals surface area contributed by atoms with E-state index in [2.05, 4.69) is 59.4 Å². The second-order valence-electron chi connectivity index (χ2n) is 11.7. The largest absolute Gasteiger partial charge is 0.497 e. The first kappa shape index (κ1) is 31.0. The highest BCUT2D eigenvalue weighted by Crippen LogP contribution is 2.37. The number of nitrogens with zero attached hydrogens (tertiary/aromatic N) is 3. The topological polar surface area (TPSA) is 86.9 Å². The quantitative estimate of drug-likeness (QED) is 0.212. The molecule has 0 saturated heterocycles. The standard InChI is InChI=1S/C39H34N4O4S/c1-24-11-10-12-26(19-24)22-42-23-27(30-15-8-9-16-32(30)42)20-34-38(45)43-36(31-18-17-29(46-3)21-33(31)47-4)35(25(2)40-39(43)48-34)37(44)41-28-13-6-5-7-14-28/h5-21,23,36H,22H2,1-4H3,(H,41,44)/b34-20-/t36-/m0/s1. The van der Waals surface area contributed by atoms with Gasteiger partial charge in [0.05, 0.1) is 30.0 Å². The molecule has 1 N–H and O–H groups in total. The first-order valence-corrected chi connectivity index (χ1v) is 16.4. The summed E-state index contributed by atoms with van der Waals surface area (Å²) in [7, 11) is 3.15. The SMILES string of the molecule is COc1ccc([C@H]2C(C(=O)Nc3ccccc3)=C(C)N=c3s/c(=C\c4cn(Cc5cccc(C)c5)c5ccccc45)c(=O)n32)c(OC)c1. The zero-order chi connectivity index (χ0) is 33.4. The fraction of sp³-hybridized carbons (Fsp3) is 0.154. The van der Waals surface area contributed by atoms with Gasteiger partial charge in [0, 0.05) is 46.5 Å². The van der Waals surface area contributed by atoms with Crippen molar-refractivity contribution in [1.82, 2.24) is 9.13 Å². The monoisotopic (exact) mass is 654 g/mol. The fourth-order valence-corrected chi connectivity index (χ4v) is 7.38. The lowest BCUT2D eigenvalue weighted by molar-refractivity contribution is -0.113. The molecule has 0 aliphatic carbocycles. The van der Waals surface area contributed by atoms with E-state index in [0.717, 1.165) is 16.5 Å². The summed E-state index contributed by atoms with van der Waals surface area (Å²) in [6.45, 7) is 4.60. The maximum atomic E-state index is 14.5. The zero-order valence-electron chi connectivity index (χ0n) is 27.1. The van der Waals surface area contributed by atoms with Crippen LogP contribution in [0.1, 0.15) is 35.2 Å². The number of para-hydroxylation sites is 2. The van der Waals surface area contributed by atoms with Crippen LogP contribution < -0.4 is 29.7 Å². The van der Waals surface area contributed by atoms with E-state index < -0.39 is 6.04 Å². The van der Waals surface area contributed by atoms with Gasteiger partial charge >= 0.3 is 0 Å². The Balaban J connectivity index is 1.39. The summed E-state index contributed by atoms with van der Waals surface area (Å²) < 4.78 is 15.6. The van der Waals surface area contributed by atoms with Gasteiger partial charge in [-0.1, -0.05) is 77.6 Å². The Morgan fingerprint density at radius 1 is 0.938 bits per heavy atom. The van der Waals surface area contributed by atoms with Crippen LogP contribution in [0.2, 0.25) is 0 Å². The Morgan fingerprint density at radius 2 is 1.73 bits per heavy atom. The molecule has 1 amide bonds. The highest BCUT2D eigenvalue weighted by atomic mass is 32.1. The molecule has 0 radical (unpaired) electrons. The van der Waals surface area contributed by atoms with Crippen LogP contribution in [0.4, 0.5) is 5.69 Å². The summed E-state index contributed by atoms with van der Waals surface area (Å²) in [4.78, 5) is 33.8. The fourth-order valence-electron chi connectivity index (χ4n) is 6.34. The molecule has 0 fully saturated rings. The van der Waals surface area contributed by atoms with Gasteiger partial charge in [0.2, 0.25) is 0 Å². The molecule has 1 aliphatic rings. The number of rotatable bonds is 8. The highest BCUT2D eigenvalue weighted by molar-refractivity contribution is 7.07. The van der Waals surface area contributed by atoms with Gasteiger partial charge < -0.3 is 19.4 Å². The lowest BCUT2D eigenvalue weighted by Crippen LogP contribution is -2.40. The second kappa shape index (κ2) is 12.8. The number of aryl methyl sites for hydroxylation is 1. The molecular weight excluding hydrogens is 621 g/mol. The number of ether oxygens (including phenoxy) is 2. The molecule has 0 unspecified atom stereocenters. The van der Waals surface area contributed by atoms with Crippen LogP contribution in [0.25, 0.3) is 17.0 Å². The molecule has 48 heavy (non-hydrogen) atoms. The van der Waals surface area contributed by atoms with Gasteiger partial charge in [-0.3, -0.25) is 14.2 Å². The van der Waals surface area contributed by atoms with Crippen molar-refractivity contribution in [2.24, 2.45) is 4.99 Å². The first-order chi connectivity index (χ1) is 23.3. The molecule has 0 saturated carbocycles. The molecule has 3 heterocycles. The highest BCUT2D eigenvalue weighted by Gasteiger charge is 2.34. The van der Waals surface area contributed by atoms with Crippen LogP contribution >= 0.6 is 11.3 Å². The van der Waals surface area contributed by atoms with Crippen molar-refractivity contribution in [2.45, 2.75) is 26.4 Å². The number of methoxy groups -OCH3 is 2. The zero-order valence-corrected chi connectivity index (χ0v) is 27.9. The van der Waals surface area contributed by atoms with Crippen molar-refractivity contribution in [1.29, 1.82) is 0 Å². The summed E-state index contributed by atoms with van der Waals surface area (Å²) in [5, 5.41) is 4.04. The maximum absolute atomic E-state index is 14.5. The van der Waals surface area contributed by atoms with Crippen molar-refractivity contribution in [3.63, 3.8) is 0 Å². The summed E-state index contributed by atoms with van der Waals surface area (Å²) in [6, 6.07) is 30.5. The molecule has 1 atom stereocenters. The number of aromatic nitrogens is 2. The molecule has 4 aromatic carbocycles. The van der Waals surface area contributed by atoms with E-state index >= 15 is 0 Å². The van der Waals surface area contributed by atoms with E-state index in [-0.39, 0.29) is 11.5 Å². The van der Waals surface area contributed by atoms with Crippen LogP contribution in [0.3, 0.4) is 0 Å². The van der Waals surface area contributed by atoms with E-state index in [1.807, 2.05) is 54.6 Å². The minimum Gasteiger partial charge on any atom is -0.497 e. The molecule has 2 aromatic heterocycles. The second-order valence-corrected chi connectivity index (χ2v) is 12.7. The average molecular weight is 655 g/mol. The number of allylic oxidation sites excluding steroid dienone is 1. The van der Waals surface area contributed by atoms with Crippen molar-refractivity contribution >= 4 is 39.9 Å². The van der Waals surface area contributed by atoms with E-state index in [1.165, 1.54) is 22.5 Å². The lowest BCUT2D eigenvalue weighted by Gasteiger charge is -2.26. The van der Waals surface area contributed by atoms with Crippen LogP contribution in [-0.4, -0.2) is 29.3 Å². The minimum absolute atomic E-state index is 0.241. The predicted octanol–water partition coefficient (Wildman–Crippen LogP) is 6.20. The number of hydrogen-bond acceptors (Lipinski definition) is 6. The van der Waals surface area contributed by atoms with Crippen LogP contribution in [-0.2, 0) is 11.3 Å². The number of nitrogens with one attached hydrogen (secondary N) is 1. The normalized spacial score (nSPS) is 14.5. The van der Waals surface area contributed by atoms with E-state index in [1.54, 1.807) is 37.8 Å². The number of carbonyl (C=O) groups is 1. The smallest absolute Gasteiger partial charge is 0.271 e. The third kappa shape index (κ3) is 5.73. The lowest BCUT2D eigenvalue weighted by atomic mass is 9.94. The van der Waals surface area contributed by atoms with Gasteiger partial charge in [0.15, 0.2) is 4.80 Å². The summed E-state index contributed by atoms with van der Waals surface area (Å²) >= 11 is 1.31. The molecule has 240 valence electrons. The van der Waals surface area contributed by atoms with Gasteiger partial charge in [-0.2, -0.15) is 0 Å². The van der Waals surface area contributed by atoms with Gasteiger partial charge in [-0.25, -0.2) is 4.99 Å². The molecule has 7 rings (SSSR count). The van der Waals surface area contributed by atoms with E-state index in [0.29, 0.717) is 49.9 Å². The predicted molar refractivity (Wildman–Crippen MR) is 191 cm³/mol. The Labute approximate surface area is 281 Å². The van der Waals surface area contributed by atoms with Crippen molar-refractivity contribution in [3.05, 3.63) is 156 Å². The van der Waals surface area contributed by atoms with Gasteiger partial charge in [0.25, 0.3) is 11.5 Å². The minimum atomic E-state index is -0.796. The van der Waals surface area contributed by atoms with Crippen molar-refractivity contribution in [2.75, 3.05) is 19.5 Å². The molecule has 0 bridgehead atoms. The van der Waals surface area contributed by atoms with Crippen LogP contribution in [0, 0.1) is 6.92 Å². The number of anilines is 1. The van der Waals surface area contributed by atoms with Crippen molar-refractivity contribution < 1.29 is 14.3 Å². The maximum Gasteiger partial charge on any atom is 0.271 e. The summed E-state index contributed by atoms with van der Waals surface area (Å²) in [5.41, 5.74) is 6.34. The van der Waals surface area contributed by atoms with Gasteiger partial charge in [-0.15, -0.1) is 0 Å². The molecule has 6 aromatic rings. The van der Waals surface area contributed by atoms with Crippen LogP contribution in [0.15, 0.2) is 124 Å². The average Bonchev–Trinajstić information content (AvgIpc) is 3.59. The number of benzene rings is 4. The Morgan fingerprint density at radius 3 is 2.50 bits per heavy atom. The molecule has 8 nitrogen and oxygen atoms in total. The number of hydrogen-bond donors (Lipinski definition) is 1. The van der Waals surface area contributed by atoms with Crippen LogP contribution in [0.5, 0.6) is 11.5 Å². The Kier molecular flexibility index (Phi) is 8.29. The molecule has 0 spiro atoms. The summed E-state index contributed by atoms with van der Waals surface area (Å²) in [6.07, 6.45) is 4.03. The third-order valence-electron chi connectivity index (χ3n) is 8.57. The first-order valence-electron chi connectivity index (χ1n) is 15.6. The Hall–Kier alpha value is -5.67. The third-order valence-corrected chi connectivity index (χ3v) is 9.56. The van der Waals surface area contributed by atoms with Crippen molar-refractivity contribution in [3.8, 4) is 11.5 Å². The molecule has 9 heteroatoms. The number of thiazole rings is 1. The number of amides is 1.